The molecule has 0 saturated carbocycles. The number of amides is 1. The molecule has 3 aromatic heterocycles. The van der Waals surface area contributed by atoms with Gasteiger partial charge in [-0.15, -0.1) is 5.10 Å². The molecule has 12 heteroatoms. The molecule has 12 nitrogen and oxygen atoms in total. The molecule has 4 aromatic rings. The number of hydrogen-bond acceptors (Lipinski definition) is 9. The van der Waals surface area contributed by atoms with Gasteiger partial charge in [-0.25, -0.2) is 9.97 Å². The predicted molar refractivity (Wildman–Crippen MR) is 148 cm³/mol. The number of piperazine rings is 1. The summed E-state index contributed by atoms with van der Waals surface area (Å²) in [7, 11) is 0. The normalized spacial score (nSPS) is 16.9. The van der Waals surface area contributed by atoms with Crippen molar-refractivity contribution < 1.29 is 14.6 Å². The van der Waals surface area contributed by atoms with E-state index < -0.39 is 0 Å². The van der Waals surface area contributed by atoms with E-state index in [9.17, 15) is 14.7 Å². The highest BCUT2D eigenvalue weighted by Crippen LogP contribution is 2.32. The van der Waals surface area contributed by atoms with Gasteiger partial charge in [0.2, 0.25) is 5.78 Å². The Morgan fingerprint density at radius 3 is 2.65 bits per heavy atom. The fraction of sp³-hybridized carbons (Fsp3) is 0.429. The van der Waals surface area contributed by atoms with Crippen molar-refractivity contribution >= 4 is 17.4 Å². The minimum Gasteiger partial charge on any atom is -0.504 e. The summed E-state index contributed by atoms with van der Waals surface area (Å²) in [4.78, 5) is 43.4. The molecule has 1 unspecified atom stereocenters. The summed E-state index contributed by atoms with van der Waals surface area (Å²) in [5.74, 6) is 1.33. The lowest BCUT2D eigenvalue weighted by Crippen LogP contribution is -2.51. The number of fused-ring (bicyclic) bond motifs is 2. The highest BCUT2D eigenvalue weighted by molar-refractivity contribution is 5.95. The second kappa shape index (κ2) is 9.92. The van der Waals surface area contributed by atoms with Gasteiger partial charge < -0.3 is 24.2 Å². The molecule has 0 spiro atoms. The van der Waals surface area contributed by atoms with Crippen molar-refractivity contribution in [2.24, 2.45) is 0 Å². The smallest absolute Gasteiger partial charge is 0.299 e. The van der Waals surface area contributed by atoms with Gasteiger partial charge in [-0.05, 0) is 51.0 Å². The largest absolute Gasteiger partial charge is 0.504 e. The van der Waals surface area contributed by atoms with Crippen LogP contribution < -0.4 is 15.2 Å². The Bertz CT molecular complexity index is 1690. The number of carbonyl (C=O) groups is 1. The third-order valence-electron chi connectivity index (χ3n) is 7.72. The van der Waals surface area contributed by atoms with Crippen molar-refractivity contribution in [2.45, 2.75) is 53.2 Å². The van der Waals surface area contributed by atoms with Crippen LogP contribution in [0.2, 0.25) is 0 Å². The Morgan fingerprint density at radius 1 is 1.15 bits per heavy atom. The highest BCUT2D eigenvalue weighted by Gasteiger charge is 2.30. The van der Waals surface area contributed by atoms with Crippen LogP contribution in [0.4, 0.5) is 5.69 Å². The predicted octanol–water partition coefficient (Wildman–Crippen LogP) is 2.23. The maximum absolute atomic E-state index is 13.9. The van der Waals surface area contributed by atoms with Crippen molar-refractivity contribution in [2.75, 3.05) is 31.1 Å². The Kier molecular flexibility index (Phi) is 6.40. The van der Waals surface area contributed by atoms with Crippen LogP contribution in [-0.2, 0) is 19.4 Å². The molecule has 1 aromatic carbocycles. The molecular weight excluding hydrogens is 512 g/mol. The molecule has 1 atom stereocenters. The van der Waals surface area contributed by atoms with Crippen molar-refractivity contribution in [1.29, 1.82) is 0 Å². The van der Waals surface area contributed by atoms with Crippen molar-refractivity contribution in [3.63, 3.8) is 0 Å². The maximum atomic E-state index is 13.9. The molecule has 1 amide bonds. The van der Waals surface area contributed by atoms with Crippen LogP contribution >= 0.6 is 0 Å². The fourth-order valence-corrected chi connectivity index (χ4v) is 5.69. The quantitative estimate of drug-likeness (QED) is 0.402. The lowest BCUT2D eigenvalue weighted by molar-refractivity contribution is 0.0736. The van der Waals surface area contributed by atoms with Crippen LogP contribution in [-0.4, -0.2) is 77.3 Å². The van der Waals surface area contributed by atoms with Gasteiger partial charge >= 0.3 is 0 Å². The zero-order valence-electron chi connectivity index (χ0n) is 23.1. The van der Waals surface area contributed by atoms with Gasteiger partial charge in [0.15, 0.2) is 17.3 Å². The minimum atomic E-state index is -0.352. The summed E-state index contributed by atoms with van der Waals surface area (Å²) in [5.41, 5.74) is 3.55. The first-order chi connectivity index (χ1) is 19.3. The number of nitrogens with zero attached hydrogens (tertiary/aromatic N) is 8. The Hall–Kier alpha value is -4.48. The van der Waals surface area contributed by atoms with Gasteiger partial charge in [0.1, 0.15) is 23.9 Å². The Labute approximate surface area is 230 Å². The summed E-state index contributed by atoms with van der Waals surface area (Å²) in [6, 6.07) is 5.92. The average molecular weight is 545 g/mol. The summed E-state index contributed by atoms with van der Waals surface area (Å²) < 4.78 is 9.28. The zero-order valence-corrected chi connectivity index (χ0v) is 23.1. The molecule has 1 N–H and O–H groups in total. The Balaban J connectivity index is 1.33. The van der Waals surface area contributed by atoms with Gasteiger partial charge in [0.25, 0.3) is 11.5 Å². The molecule has 2 aliphatic rings. The molecule has 1 fully saturated rings. The van der Waals surface area contributed by atoms with E-state index in [4.69, 9.17) is 9.72 Å². The van der Waals surface area contributed by atoms with E-state index >= 15 is 0 Å². The summed E-state index contributed by atoms with van der Waals surface area (Å²) in [6.45, 7) is 10.0. The number of rotatable bonds is 5. The monoisotopic (exact) mass is 544 g/mol. The van der Waals surface area contributed by atoms with Gasteiger partial charge in [-0.2, -0.15) is 9.50 Å². The zero-order chi connectivity index (χ0) is 28.1. The molecule has 0 bridgehead atoms. The lowest BCUT2D eigenvalue weighted by atomic mass is 10.1. The van der Waals surface area contributed by atoms with E-state index in [1.807, 2.05) is 48.4 Å². The van der Waals surface area contributed by atoms with Crippen LogP contribution in [0.25, 0.3) is 17.2 Å². The molecule has 5 heterocycles. The molecule has 6 rings (SSSR count). The topological polar surface area (TPSA) is 131 Å². The van der Waals surface area contributed by atoms with E-state index in [1.54, 1.807) is 11.8 Å². The molecule has 0 radical (unpaired) electrons. The molecule has 40 heavy (non-hydrogen) atoms. The molecule has 1 saturated heterocycles. The summed E-state index contributed by atoms with van der Waals surface area (Å²) in [5, 5.41) is 15.0. The summed E-state index contributed by atoms with van der Waals surface area (Å²) >= 11 is 0. The number of carbonyl (C=O) groups excluding carboxylic acids is 1. The molecule has 2 aliphatic heterocycles. The fourth-order valence-electron chi connectivity index (χ4n) is 5.69. The number of aryl methyl sites for hydroxylation is 2. The second-order valence-electron chi connectivity index (χ2n) is 10.2. The number of aromatic nitrogens is 6. The number of anilines is 1. The first kappa shape index (κ1) is 25.8. The van der Waals surface area contributed by atoms with Gasteiger partial charge in [0.05, 0.1) is 5.69 Å². The van der Waals surface area contributed by atoms with Gasteiger partial charge in [-0.1, -0.05) is 6.92 Å². The Morgan fingerprint density at radius 2 is 1.93 bits per heavy atom. The van der Waals surface area contributed by atoms with Crippen molar-refractivity contribution in [1.82, 2.24) is 34.0 Å². The molecular formula is C28H32N8O4. The minimum absolute atomic E-state index is 0.00678. The summed E-state index contributed by atoms with van der Waals surface area (Å²) in [6.07, 6.45) is 2.87. The van der Waals surface area contributed by atoms with Gasteiger partial charge in [-0.3, -0.25) is 9.59 Å². The molecule has 0 aliphatic carbocycles. The van der Waals surface area contributed by atoms with E-state index in [1.165, 1.54) is 10.8 Å². The molecule has 208 valence electrons. The number of benzene rings is 1. The van der Waals surface area contributed by atoms with Crippen molar-refractivity contribution in [3.05, 3.63) is 57.5 Å². The first-order valence-electron chi connectivity index (χ1n) is 13.7. The standard InChI is InChI=1S/C28H32N8O4/c1-5-20-23(33-9-11-34(12-10-33)26(38)22-24(37)17(4)29-15-30-22)27(39)36-28(35(20)6-2)31-25(32-36)18-7-8-21-19(14-18)13-16(3)40-21/h7-8,14-16,37H,5-6,9-13H2,1-4H3. The van der Waals surface area contributed by atoms with E-state index in [2.05, 4.69) is 15.1 Å². The third-order valence-corrected chi connectivity index (χ3v) is 7.72. The lowest BCUT2D eigenvalue weighted by Gasteiger charge is -2.36. The first-order valence-corrected chi connectivity index (χ1v) is 13.7. The second-order valence-corrected chi connectivity index (χ2v) is 10.2. The van der Waals surface area contributed by atoms with E-state index in [0.29, 0.717) is 62.1 Å². The van der Waals surface area contributed by atoms with Crippen LogP contribution in [0.5, 0.6) is 11.5 Å². The van der Waals surface area contributed by atoms with Crippen molar-refractivity contribution in [3.8, 4) is 22.9 Å². The number of hydrogen-bond donors (Lipinski definition) is 1. The third kappa shape index (κ3) is 4.14. The van der Waals surface area contributed by atoms with E-state index in [0.717, 1.165) is 29.0 Å². The van der Waals surface area contributed by atoms with Crippen LogP contribution in [0.15, 0.2) is 29.3 Å². The number of aromatic hydroxyl groups is 1. The van der Waals surface area contributed by atoms with E-state index in [-0.39, 0.29) is 29.0 Å². The van der Waals surface area contributed by atoms with Crippen LogP contribution in [0, 0.1) is 6.92 Å². The van der Waals surface area contributed by atoms with Gasteiger partial charge in [0, 0.05) is 50.4 Å². The highest BCUT2D eigenvalue weighted by atomic mass is 16.5. The SMILES string of the molecule is CCc1c(N2CCN(C(=O)c3ncnc(C)c3O)CC2)c(=O)n2nc(-c3ccc4c(c3)CC(C)O4)nc2n1CC. The maximum Gasteiger partial charge on any atom is 0.299 e. The van der Waals surface area contributed by atoms with Crippen LogP contribution in [0.1, 0.15) is 48.2 Å². The van der Waals surface area contributed by atoms with Crippen LogP contribution in [0.3, 0.4) is 0 Å². The average Bonchev–Trinajstić information content (AvgIpc) is 3.57. The number of ether oxygens (including phenoxy) is 1.